The summed E-state index contributed by atoms with van der Waals surface area (Å²) in [6, 6.07) is 12.1. The van der Waals surface area contributed by atoms with E-state index in [0.29, 0.717) is 19.5 Å². The molecular formula is C28H32ClN3O5S. The largest absolute Gasteiger partial charge is 0.504 e. The lowest BCUT2D eigenvalue weighted by Gasteiger charge is -2.38. The van der Waals surface area contributed by atoms with E-state index < -0.39 is 31.5 Å². The van der Waals surface area contributed by atoms with Gasteiger partial charge in [0.2, 0.25) is 10.0 Å². The highest BCUT2D eigenvalue weighted by atomic mass is 35.5. The van der Waals surface area contributed by atoms with Crippen LogP contribution in [0, 0.1) is 5.41 Å². The molecule has 2 fully saturated rings. The SMILES string of the molecule is CCC(Nc1c(Nc2ccc(Cl)c(S(=O)(=O)N3CCC4(CCCC4)CC3)c2O)c(=O)c1=O)c1ccccc1. The second-order valence-electron chi connectivity index (χ2n) is 10.4. The third-order valence-electron chi connectivity index (χ3n) is 8.23. The zero-order chi connectivity index (χ0) is 27.1. The molecule has 1 aliphatic carbocycles. The van der Waals surface area contributed by atoms with E-state index in [2.05, 4.69) is 10.6 Å². The Morgan fingerprint density at radius 2 is 1.61 bits per heavy atom. The molecule has 1 spiro atoms. The molecule has 38 heavy (non-hydrogen) atoms. The van der Waals surface area contributed by atoms with Crippen LogP contribution in [0.15, 0.2) is 56.9 Å². The highest BCUT2D eigenvalue weighted by Gasteiger charge is 2.41. The molecule has 1 unspecified atom stereocenters. The van der Waals surface area contributed by atoms with Crippen molar-refractivity contribution in [3.63, 3.8) is 0 Å². The Morgan fingerprint density at radius 1 is 0.974 bits per heavy atom. The molecule has 1 saturated carbocycles. The van der Waals surface area contributed by atoms with E-state index in [1.807, 2.05) is 37.3 Å². The van der Waals surface area contributed by atoms with Gasteiger partial charge in [-0.15, -0.1) is 0 Å². The molecule has 2 aliphatic rings. The molecule has 0 radical (unpaired) electrons. The van der Waals surface area contributed by atoms with Crippen molar-refractivity contribution >= 4 is 38.7 Å². The molecule has 3 aromatic carbocycles. The first-order valence-corrected chi connectivity index (χ1v) is 14.9. The summed E-state index contributed by atoms with van der Waals surface area (Å²) in [5.74, 6) is -0.576. The normalized spacial score (nSPS) is 18.6. The van der Waals surface area contributed by atoms with Gasteiger partial charge in [0, 0.05) is 13.1 Å². The van der Waals surface area contributed by atoms with E-state index in [1.54, 1.807) is 0 Å². The minimum absolute atomic E-state index is 0.0137. The topological polar surface area (TPSA) is 116 Å². The zero-order valence-electron chi connectivity index (χ0n) is 21.3. The molecule has 10 heteroatoms. The van der Waals surface area contributed by atoms with Crippen LogP contribution in [0.5, 0.6) is 5.75 Å². The number of rotatable bonds is 8. The molecule has 1 atom stereocenters. The summed E-state index contributed by atoms with van der Waals surface area (Å²) in [6.45, 7) is 2.71. The van der Waals surface area contributed by atoms with Gasteiger partial charge < -0.3 is 15.7 Å². The number of benzene rings is 2. The van der Waals surface area contributed by atoms with Gasteiger partial charge in [0.1, 0.15) is 16.3 Å². The van der Waals surface area contributed by atoms with Crippen molar-refractivity contribution in [2.45, 2.75) is 62.8 Å². The van der Waals surface area contributed by atoms with E-state index in [1.165, 1.54) is 29.3 Å². The first kappa shape index (κ1) is 26.7. The molecule has 8 nitrogen and oxygen atoms in total. The maximum Gasteiger partial charge on any atom is 0.253 e. The van der Waals surface area contributed by atoms with Gasteiger partial charge in [-0.2, -0.15) is 4.31 Å². The number of hydrogen-bond acceptors (Lipinski definition) is 7. The van der Waals surface area contributed by atoms with Gasteiger partial charge in [0.15, 0.2) is 5.75 Å². The Balaban J connectivity index is 1.40. The summed E-state index contributed by atoms with van der Waals surface area (Å²) in [6.07, 6.45) is 6.88. The molecule has 1 aliphatic heterocycles. The predicted octanol–water partition coefficient (Wildman–Crippen LogP) is 5.29. The molecule has 0 amide bonds. The molecule has 0 aromatic heterocycles. The number of nitrogens with zero attached hydrogens (tertiary/aromatic N) is 1. The van der Waals surface area contributed by atoms with Crippen molar-refractivity contribution in [1.82, 2.24) is 4.31 Å². The van der Waals surface area contributed by atoms with E-state index in [4.69, 9.17) is 11.6 Å². The van der Waals surface area contributed by atoms with Gasteiger partial charge in [-0.05, 0) is 55.2 Å². The Hall–Kier alpha value is -2.88. The maximum absolute atomic E-state index is 13.6. The molecule has 1 heterocycles. The van der Waals surface area contributed by atoms with Gasteiger partial charge in [-0.25, -0.2) is 8.42 Å². The molecule has 0 bridgehead atoms. The minimum atomic E-state index is -4.09. The number of hydrogen-bond donors (Lipinski definition) is 3. The molecule has 1 saturated heterocycles. The lowest BCUT2D eigenvalue weighted by atomic mass is 9.78. The number of phenolic OH excluding ortho intramolecular Hbond substituents is 1. The maximum atomic E-state index is 13.6. The van der Waals surface area contributed by atoms with Crippen molar-refractivity contribution < 1.29 is 13.5 Å². The van der Waals surface area contributed by atoms with Crippen molar-refractivity contribution in [3.05, 3.63) is 73.5 Å². The number of nitrogens with one attached hydrogen (secondary N) is 2. The number of phenols is 1. The van der Waals surface area contributed by atoms with E-state index >= 15 is 0 Å². The van der Waals surface area contributed by atoms with Crippen LogP contribution in [-0.2, 0) is 10.0 Å². The molecule has 3 N–H and O–H groups in total. The number of aromatic hydroxyl groups is 1. The summed E-state index contributed by atoms with van der Waals surface area (Å²) in [7, 11) is -4.09. The summed E-state index contributed by atoms with van der Waals surface area (Å²) < 4.78 is 28.6. The number of anilines is 3. The van der Waals surface area contributed by atoms with Crippen molar-refractivity contribution in [2.24, 2.45) is 5.41 Å². The number of sulfonamides is 1. The number of piperidine rings is 1. The van der Waals surface area contributed by atoms with Crippen LogP contribution in [0.3, 0.4) is 0 Å². The van der Waals surface area contributed by atoms with E-state index in [0.717, 1.165) is 31.2 Å². The van der Waals surface area contributed by atoms with Crippen LogP contribution >= 0.6 is 11.6 Å². The van der Waals surface area contributed by atoms with Crippen molar-refractivity contribution in [3.8, 4) is 5.75 Å². The lowest BCUT2D eigenvalue weighted by Crippen LogP contribution is -2.42. The molecular weight excluding hydrogens is 526 g/mol. The molecule has 3 aromatic rings. The monoisotopic (exact) mass is 557 g/mol. The molecule has 5 rings (SSSR count). The minimum Gasteiger partial charge on any atom is -0.504 e. The average molecular weight is 558 g/mol. The Morgan fingerprint density at radius 3 is 2.24 bits per heavy atom. The zero-order valence-corrected chi connectivity index (χ0v) is 22.9. The lowest BCUT2D eigenvalue weighted by molar-refractivity contribution is 0.160. The third-order valence-corrected chi connectivity index (χ3v) is 10.6. The Kier molecular flexibility index (Phi) is 7.28. The van der Waals surface area contributed by atoms with Crippen LogP contribution in [0.4, 0.5) is 17.1 Å². The highest BCUT2D eigenvalue weighted by molar-refractivity contribution is 7.89. The van der Waals surface area contributed by atoms with Crippen molar-refractivity contribution in [2.75, 3.05) is 23.7 Å². The molecule has 202 valence electrons. The average Bonchev–Trinajstić information content (AvgIpc) is 3.37. The smallest absolute Gasteiger partial charge is 0.253 e. The van der Waals surface area contributed by atoms with Crippen molar-refractivity contribution in [1.29, 1.82) is 0 Å². The van der Waals surface area contributed by atoms with Gasteiger partial charge in [-0.1, -0.05) is 61.7 Å². The van der Waals surface area contributed by atoms with E-state index in [-0.39, 0.29) is 33.5 Å². The summed E-state index contributed by atoms with van der Waals surface area (Å²) in [5, 5.41) is 16.9. The number of halogens is 1. The van der Waals surface area contributed by atoms with Crippen LogP contribution in [0.1, 0.15) is 63.5 Å². The van der Waals surface area contributed by atoms with Gasteiger partial charge in [-0.3, -0.25) is 9.59 Å². The second-order valence-corrected chi connectivity index (χ2v) is 12.7. The van der Waals surface area contributed by atoms with E-state index in [9.17, 15) is 23.1 Å². The first-order chi connectivity index (χ1) is 18.2. The third kappa shape index (κ3) is 4.72. The standard InChI is InChI=1S/C28H32ClN3O5S/c1-2-20(18-8-4-3-5-9-18)30-22-23(26(35)25(22)34)31-21-11-10-19(29)27(24(21)33)38(36,37)32-16-14-28(15-17-32)12-6-7-13-28/h3-5,8-11,20,30-31,33H,2,6-7,12-17H2,1H3. The first-order valence-electron chi connectivity index (χ1n) is 13.1. The highest BCUT2D eigenvalue weighted by Crippen LogP contribution is 2.48. The van der Waals surface area contributed by atoms with Crippen LogP contribution in [0.2, 0.25) is 5.02 Å². The van der Waals surface area contributed by atoms with Crippen LogP contribution < -0.4 is 21.5 Å². The fourth-order valence-corrected chi connectivity index (χ4v) is 7.95. The predicted molar refractivity (Wildman–Crippen MR) is 150 cm³/mol. The second kappa shape index (κ2) is 10.4. The summed E-state index contributed by atoms with van der Waals surface area (Å²) in [4.78, 5) is 24.5. The summed E-state index contributed by atoms with van der Waals surface area (Å²) in [5.41, 5.74) is -0.166. The van der Waals surface area contributed by atoms with Gasteiger partial charge >= 0.3 is 0 Å². The van der Waals surface area contributed by atoms with Gasteiger partial charge in [0.25, 0.3) is 10.9 Å². The van der Waals surface area contributed by atoms with Crippen LogP contribution in [-0.4, -0.2) is 30.9 Å². The fraction of sp³-hybridized carbons (Fsp3) is 0.429. The Labute approximate surface area is 227 Å². The quantitative estimate of drug-likeness (QED) is 0.254. The van der Waals surface area contributed by atoms with Gasteiger partial charge in [0.05, 0.1) is 16.8 Å². The summed E-state index contributed by atoms with van der Waals surface area (Å²) >= 11 is 6.31. The Bertz CT molecular complexity index is 1500. The van der Waals surface area contributed by atoms with Crippen LogP contribution in [0.25, 0.3) is 0 Å². The fourth-order valence-electron chi connectivity index (χ4n) is 5.91.